The van der Waals surface area contributed by atoms with Gasteiger partial charge in [0.1, 0.15) is 6.04 Å². The minimum absolute atomic E-state index is 0.0131. The highest BCUT2D eigenvalue weighted by Gasteiger charge is 2.29. The Morgan fingerprint density at radius 1 is 1.29 bits per heavy atom. The van der Waals surface area contributed by atoms with Gasteiger partial charge in [-0.25, -0.2) is 0 Å². The Labute approximate surface area is 125 Å². The number of hydrogen-bond acceptors (Lipinski definition) is 3. The summed E-state index contributed by atoms with van der Waals surface area (Å²) >= 11 is 0. The van der Waals surface area contributed by atoms with Crippen molar-refractivity contribution in [1.82, 2.24) is 15.1 Å². The largest absolute Gasteiger partial charge is 0.354 e. The van der Waals surface area contributed by atoms with E-state index in [-0.39, 0.29) is 24.4 Å². The van der Waals surface area contributed by atoms with Crippen LogP contribution in [0.15, 0.2) is 24.3 Å². The fourth-order valence-electron chi connectivity index (χ4n) is 2.58. The van der Waals surface area contributed by atoms with Gasteiger partial charge in [0.2, 0.25) is 11.8 Å². The summed E-state index contributed by atoms with van der Waals surface area (Å²) in [7, 11) is 3.78. The van der Waals surface area contributed by atoms with Crippen LogP contribution in [0.4, 0.5) is 0 Å². The molecule has 2 rings (SSSR count). The van der Waals surface area contributed by atoms with Gasteiger partial charge in [0.05, 0.1) is 6.54 Å². The predicted octanol–water partition coefficient (Wildman–Crippen LogP) is 0.946. The summed E-state index contributed by atoms with van der Waals surface area (Å²) in [6, 6.07) is 7.63. The van der Waals surface area contributed by atoms with Crippen molar-refractivity contribution in [3.8, 4) is 0 Å². The number of nitrogens with zero attached hydrogens (tertiary/aromatic N) is 2. The lowest BCUT2D eigenvalue weighted by Crippen LogP contribution is -2.43. The van der Waals surface area contributed by atoms with Gasteiger partial charge in [-0.05, 0) is 33.0 Å². The lowest BCUT2D eigenvalue weighted by molar-refractivity contribution is -0.139. The van der Waals surface area contributed by atoms with Crippen LogP contribution in [0.25, 0.3) is 0 Å². The van der Waals surface area contributed by atoms with E-state index >= 15 is 0 Å². The molecule has 0 spiro atoms. The first-order valence-corrected chi connectivity index (χ1v) is 7.27. The molecule has 0 bridgehead atoms. The summed E-state index contributed by atoms with van der Waals surface area (Å²) in [5.74, 6) is -0.0943. The van der Waals surface area contributed by atoms with Crippen LogP contribution < -0.4 is 5.32 Å². The molecule has 1 aromatic rings. The number of benzene rings is 1. The monoisotopic (exact) mass is 289 g/mol. The van der Waals surface area contributed by atoms with Crippen LogP contribution in [0.1, 0.15) is 23.6 Å². The fraction of sp³-hybridized carbons (Fsp3) is 0.500. The molecular weight excluding hydrogens is 266 g/mol. The van der Waals surface area contributed by atoms with E-state index in [1.165, 1.54) is 0 Å². The molecule has 1 saturated heterocycles. The van der Waals surface area contributed by atoms with Gasteiger partial charge in [-0.3, -0.25) is 14.5 Å². The third-order valence-electron chi connectivity index (χ3n) is 3.72. The standard InChI is InChI=1S/C16H23N3O2/c1-12-5-7-13(8-6-12)15(18(2)3)16(21)19-10-4-9-17-14(20)11-19/h5-8,15H,4,9-11H2,1-3H3,(H,17,20)/t15-/m1/s1. The van der Waals surface area contributed by atoms with Crippen molar-refractivity contribution in [2.45, 2.75) is 19.4 Å². The summed E-state index contributed by atoms with van der Waals surface area (Å²) in [5, 5.41) is 2.80. The van der Waals surface area contributed by atoms with Gasteiger partial charge < -0.3 is 10.2 Å². The number of aryl methyl sites for hydroxylation is 1. The zero-order valence-electron chi connectivity index (χ0n) is 12.9. The first-order chi connectivity index (χ1) is 9.99. The SMILES string of the molecule is Cc1ccc([C@H](C(=O)N2CCCNC(=O)C2)N(C)C)cc1. The molecule has 1 heterocycles. The third-order valence-corrected chi connectivity index (χ3v) is 3.72. The van der Waals surface area contributed by atoms with Crippen LogP contribution in [0.5, 0.6) is 0 Å². The van der Waals surface area contributed by atoms with Crippen LogP contribution >= 0.6 is 0 Å². The van der Waals surface area contributed by atoms with E-state index < -0.39 is 0 Å². The number of amides is 2. The first-order valence-electron chi connectivity index (χ1n) is 7.27. The molecule has 0 aliphatic carbocycles. The lowest BCUT2D eigenvalue weighted by Gasteiger charge is -2.29. The Kier molecular flexibility index (Phi) is 4.96. The highest BCUT2D eigenvalue weighted by molar-refractivity contribution is 5.88. The van der Waals surface area contributed by atoms with Crippen molar-refractivity contribution in [1.29, 1.82) is 0 Å². The Morgan fingerprint density at radius 2 is 1.95 bits per heavy atom. The van der Waals surface area contributed by atoms with E-state index in [0.29, 0.717) is 13.1 Å². The minimum Gasteiger partial charge on any atom is -0.354 e. The predicted molar refractivity (Wildman–Crippen MR) is 81.8 cm³/mol. The Hall–Kier alpha value is -1.88. The summed E-state index contributed by atoms with van der Waals surface area (Å²) in [6.45, 7) is 3.43. The Morgan fingerprint density at radius 3 is 2.57 bits per heavy atom. The molecule has 5 heteroatoms. The fourth-order valence-corrected chi connectivity index (χ4v) is 2.58. The number of rotatable bonds is 3. The zero-order valence-corrected chi connectivity index (χ0v) is 12.9. The van der Waals surface area contributed by atoms with Gasteiger partial charge in [-0.1, -0.05) is 29.8 Å². The molecule has 1 aliphatic heterocycles. The van der Waals surface area contributed by atoms with Gasteiger partial charge in [0, 0.05) is 13.1 Å². The Balaban J connectivity index is 2.22. The molecule has 1 atom stereocenters. The summed E-state index contributed by atoms with van der Waals surface area (Å²) < 4.78 is 0. The molecule has 5 nitrogen and oxygen atoms in total. The summed E-state index contributed by atoms with van der Waals surface area (Å²) in [6.07, 6.45) is 0.797. The second-order valence-electron chi connectivity index (χ2n) is 5.74. The minimum atomic E-state index is -0.350. The van der Waals surface area contributed by atoms with Crippen molar-refractivity contribution in [3.05, 3.63) is 35.4 Å². The van der Waals surface area contributed by atoms with E-state index in [1.807, 2.05) is 50.2 Å². The molecule has 114 valence electrons. The molecule has 0 aromatic heterocycles. The number of hydrogen-bond donors (Lipinski definition) is 1. The van der Waals surface area contributed by atoms with Crippen LogP contribution in [0, 0.1) is 6.92 Å². The lowest BCUT2D eigenvalue weighted by atomic mass is 10.0. The maximum Gasteiger partial charge on any atom is 0.244 e. The smallest absolute Gasteiger partial charge is 0.244 e. The Bertz CT molecular complexity index is 511. The third kappa shape index (κ3) is 3.82. The zero-order chi connectivity index (χ0) is 15.4. The van der Waals surface area contributed by atoms with E-state index in [2.05, 4.69) is 5.32 Å². The first kappa shape index (κ1) is 15.5. The quantitative estimate of drug-likeness (QED) is 0.901. The van der Waals surface area contributed by atoms with Gasteiger partial charge >= 0.3 is 0 Å². The molecule has 1 aromatic carbocycles. The van der Waals surface area contributed by atoms with Crippen molar-refractivity contribution >= 4 is 11.8 Å². The average Bonchev–Trinajstić information content (AvgIpc) is 2.65. The van der Waals surface area contributed by atoms with Crippen LogP contribution in [0.2, 0.25) is 0 Å². The van der Waals surface area contributed by atoms with Gasteiger partial charge in [0.15, 0.2) is 0 Å². The van der Waals surface area contributed by atoms with Gasteiger partial charge in [-0.15, -0.1) is 0 Å². The molecule has 1 aliphatic rings. The highest BCUT2D eigenvalue weighted by Crippen LogP contribution is 2.22. The van der Waals surface area contributed by atoms with E-state index in [9.17, 15) is 9.59 Å². The number of carbonyl (C=O) groups is 2. The molecule has 0 radical (unpaired) electrons. The number of likely N-dealkylation sites (N-methyl/N-ethyl adjacent to an activating group) is 1. The van der Waals surface area contributed by atoms with Crippen LogP contribution in [0.3, 0.4) is 0 Å². The molecule has 2 amide bonds. The maximum absolute atomic E-state index is 12.8. The highest BCUT2D eigenvalue weighted by atomic mass is 16.2. The van der Waals surface area contributed by atoms with Crippen molar-refractivity contribution < 1.29 is 9.59 Å². The molecular formula is C16H23N3O2. The van der Waals surface area contributed by atoms with Crippen molar-refractivity contribution in [3.63, 3.8) is 0 Å². The molecule has 0 saturated carbocycles. The average molecular weight is 289 g/mol. The van der Waals surface area contributed by atoms with Crippen LogP contribution in [-0.4, -0.2) is 55.3 Å². The number of nitrogens with one attached hydrogen (secondary N) is 1. The van der Waals surface area contributed by atoms with Crippen molar-refractivity contribution in [2.24, 2.45) is 0 Å². The van der Waals surface area contributed by atoms with Crippen LogP contribution in [-0.2, 0) is 9.59 Å². The number of carbonyl (C=O) groups excluding carboxylic acids is 2. The molecule has 0 unspecified atom stereocenters. The van der Waals surface area contributed by atoms with E-state index in [4.69, 9.17) is 0 Å². The topological polar surface area (TPSA) is 52.7 Å². The van der Waals surface area contributed by atoms with Gasteiger partial charge in [0.25, 0.3) is 0 Å². The van der Waals surface area contributed by atoms with Crippen molar-refractivity contribution in [2.75, 3.05) is 33.7 Å². The molecule has 1 fully saturated rings. The normalized spacial score (nSPS) is 17.3. The summed E-state index contributed by atoms with van der Waals surface area (Å²) in [4.78, 5) is 28.0. The molecule has 21 heavy (non-hydrogen) atoms. The molecule has 1 N–H and O–H groups in total. The maximum atomic E-state index is 12.8. The summed E-state index contributed by atoms with van der Waals surface area (Å²) in [5.41, 5.74) is 2.12. The van der Waals surface area contributed by atoms with E-state index in [0.717, 1.165) is 17.5 Å². The van der Waals surface area contributed by atoms with Gasteiger partial charge in [-0.2, -0.15) is 0 Å². The second-order valence-corrected chi connectivity index (χ2v) is 5.74. The second kappa shape index (κ2) is 6.72. The van der Waals surface area contributed by atoms with E-state index in [1.54, 1.807) is 4.90 Å².